The van der Waals surface area contributed by atoms with E-state index in [0.717, 1.165) is 17.3 Å². The summed E-state index contributed by atoms with van der Waals surface area (Å²) in [5, 5.41) is 11.4. The van der Waals surface area contributed by atoms with Gasteiger partial charge in [0, 0.05) is 18.2 Å². The number of anilines is 1. The summed E-state index contributed by atoms with van der Waals surface area (Å²) in [4.78, 5) is 25.9. The van der Waals surface area contributed by atoms with Crippen LogP contribution in [-0.4, -0.2) is 29.4 Å². The van der Waals surface area contributed by atoms with Crippen molar-refractivity contribution in [2.24, 2.45) is 0 Å². The van der Waals surface area contributed by atoms with Crippen LogP contribution in [0.4, 0.5) is 11.4 Å². The number of carbonyl (C=O) groups is 1. The van der Waals surface area contributed by atoms with E-state index in [-0.39, 0.29) is 11.6 Å². The maximum Gasteiger partial charge on any atom is 0.280 e. The minimum atomic E-state index is -0.447. The lowest BCUT2D eigenvalue weighted by Gasteiger charge is -2.18. The average Bonchev–Trinajstić information content (AvgIpc) is 3.37. The summed E-state index contributed by atoms with van der Waals surface area (Å²) in [7, 11) is 3.04. The van der Waals surface area contributed by atoms with Gasteiger partial charge < -0.3 is 13.9 Å². The number of benzene rings is 2. The third-order valence-corrected chi connectivity index (χ3v) is 6.24. The number of hydrogen-bond donors (Lipinski definition) is 0. The number of nitro groups is 1. The molecule has 1 aliphatic heterocycles. The van der Waals surface area contributed by atoms with Crippen LogP contribution in [0.3, 0.4) is 0 Å². The highest BCUT2D eigenvalue weighted by Gasteiger charge is 2.35. The molecule has 2 heterocycles. The molecule has 1 aliphatic rings. The van der Waals surface area contributed by atoms with Crippen LogP contribution in [0.25, 0.3) is 17.4 Å². The van der Waals surface area contributed by atoms with Crippen molar-refractivity contribution in [1.82, 2.24) is 0 Å². The van der Waals surface area contributed by atoms with Crippen LogP contribution in [0.15, 0.2) is 57.9 Å². The molecule has 168 valence electrons. The molecule has 0 saturated carbocycles. The highest BCUT2D eigenvalue weighted by Crippen LogP contribution is 2.41. The van der Waals surface area contributed by atoms with Crippen molar-refractivity contribution in [2.45, 2.75) is 6.92 Å². The Bertz CT molecular complexity index is 1310. The van der Waals surface area contributed by atoms with Gasteiger partial charge in [-0.25, -0.2) is 0 Å². The lowest BCUT2D eigenvalue weighted by atomic mass is 10.1. The van der Waals surface area contributed by atoms with Gasteiger partial charge in [0.1, 0.15) is 23.0 Å². The number of nitrogens with zero attached hydrogens (tertiary/aromatic N) is 2. The first-order valence-corrected chi connectivity index (χ1v) is 10.9. The van der Waals surface area contributed by atoms with E-state index in [9.17, 15) is 14.9 Å². The van der Waals surface area contributed by atoms with Gasteiger partial charge in [0.2, 0.25) is 0 Å². The van der Waals surface area contributed by atoms with E-state index in [4.69, 9.17) is 26.1 Å². The Morgan fingerprint density at radius 1 is 1.12 bits per heavy atom. The Kier molecular flexibility index (Phi) is 6.21. The number of thioether (sulfide) groups is 1. The quantitative estimate of drug-likeness (QED) is 0.194. The first-order chi connectivity index (χ1) is 15.8. The second-order valence-corrected chi connectivity index (χ2v) is 8.71. The number of furan rings is 1. The topological polar surface area (TPSA) is 95.0 Å². The lowest BCUT2D eigenvalue weighted by Crippen LogP contribution is -2.27. The molecule has 8 nitrogen and oxygen atoms in total. The van der Waals surface area contributed by atoms with Crippen molar-refractivity contribution in [3.8, 4) is 22.8 Å². The summed E-state index contributed by atoms with van der Waals surface area (Å²) in [6.07, 6.45) is 1.57. The number of rotatable bonds is 6. The molecule has 0 bridgehead atoms. The van der Waals surface area contributed by atoms with Gasteiger partial charge in [0.05, 0.1) is 35.3 Å². The van der Waals surface area contributed by atoms with Crippen molar-refractivity contribution < 1.29 is 23.6 Å². The van der Waals surface area contributed by atoms with E-state index in [2.05, 4.69) is 0 Å². The number of ether oxygens (including phenoxy) is 2. The van der Waals surface area contributed by atoms with E-state index in [0.29, 0.717) is 43.5 Å². The Balaban J connectivity index is 1.65. The summed E-state index contributed by atoms with van der Waals surface area (Å²) in [6.45, 7) is 1.78. The molecule has 1 aromatic heterocycles. The molecule has 33 heavy (non-hydrogen) atoms. The van der Waals surface area contributed by atoms with Crippen LogP contribution >= 0.6 is 24.0 Å². The van der Waals surface area contributed by atoms with Crippen molar-refractivity contribution in [2.75, 3.05) is 19.1 Å². The third-order valence-electron chi connectivity index (χ3n) is 4.94. The van der Waals surface area contributed by atoms with E-state index in [1.807, 2.05) is 0 Å². The van der Waals surface area contributed by atoms with Crippen molar-refractivity contribution in [3.05, 3.63) is 74.9 Å². The highest BCUT2D eigenvalue weighted by atomic mass is 32.2. The Morgan fingerprint density at radius 3 is 2.61 bits per heavy atom. The summed E-state index contributed by atoms with van der Waals surface area (Å²) in [5.74, 6) is 1.42. The lowest BCUT2D eigenvalue weighted by molar-refractivity contribution is -0.384. The SMILES string of the molecule is COc1ccc(N2C(=O)/C(=C\c3ccc(-c4ccc(C)cc4[N+](=O)[O-])o3)SC2=S)c(OC)c1. The third kappa shape index (κ3) is 4.35. The maximum absolute atomic E-state index is 13.1. The van der Waals surface area contributed by atoms with Crippen LogP contribution in [0, 0.1) is 17.0 Å². The van der Waals surface area contributed by atoms with Gasteiger partial charge >= 0.3 is 0 Å². The predicted molar refractivity (Wildman–Crippen MR) is 131 cm³/mol. The fraction of sp³-hybridized carbons (Fsp3) is 0.130. The van der Waals surface area contributed by atoms with Crippen LogP contribution in [0.1, 0.15) is 11.3 Å². The molecule has 0 unspecified atom stereocenters. The Labute approximate surface area is 198 Å². The van der Waals surface area contributed by atoms with E-state index in [1.54, 1.807) is 62.6 Å². The number of thiocarbonyl (C=S) groups is 1. The van der Waals surface area contributed by atoms with E-state index >= 15 is 0 Å². The molecule has 0 aliphatic carbocycles. The molecule has 10 heteroatoms. The van der Waals surface area contributed by atoms with Crippen LogP contribution in [-0.2, 0) is 4.79 Å². The zero-order valence-corrected chi connectivity index (χ0v) is 19.5. The zero-order chi connectivity index (χ0) is 23.7. The van der Waals surface area contributed by atoms with E-state index < -0.39 is 4.92 Å². The van der Waals surface area contributed by atoms with Gasteiger partial charge in [-0.3, -0.25) is 19.8 Å². The molecule has 4 rings (SSSR count). The largest absolute Gasteiger partial charge is 0.497 e. The smallest absolute Gasteiger partial charge is 0.280 e. The standard InChI is InChI=1S/C23H18N2O6S2/c1-13-4-7-16(18(10-13)25(27)28)19-9-6-15(31-19)12-21-22(26)24(23(32)33-21)17-8-5-14(29-2)11-20(17)30-3/h4-12H,1-3H3/b21-12+. The number of nitro benzene ring substituents is 1. The first kappa shape index (κ1) is 22.6. The molecule has 1 fully saturated rings. The summed E-state index contributed by atoms with van der Waals surface area (Å²) in [5.41, 5.74) is 1.59. The minimum absolute atomic E-state index is 0.0474. The van der Waals surface area contributed by atoms with Crippen LogP contribution < -0.4 is 14.4 Å². The molecule has 0 atom stereocenters. The summed E-state index contributed by atoms with van der Waals surface area (Å²) < 4.78 is 16.8. The van der Waals surface area contributed by atoms with Crippen LogP contribution in [0.2, 0.25) is 0 Å². The van der Waals surface area contributed by atoms with Gasteiger partial charge in [0.15, 0.2) is 4.32 Å². The number of aryl methyl sites for hydroxylation is 1. The summed E-state index contributed by atoms with van der Waals surface area (Å²) in [6, 6.07) is 13.3. The van der Waals surface area contributed by atoms with Gasteiger partial charge in [-0.05, 0) is 42.8 Å². The predicted octanol–water partition coefficient (Wildman–Crippen LogP) is 5.59. The number of hydrogen-bond acceptors (Lipinski definition) is 8. The van der Waals surface area contributed by atoms with Crippen molar-refractivity contribution in [1.29, 1.82) is 0 Å². The van der Waals surface area contributed by atoms with E-state index in [1.165, 1.54) is 18.1 Å². The average molecular weight is 483 g/mol. The highest BCUT2D eigenvalue weighted by molar-refractivity contribution is 8.27. The van der Waals surface area contributed by atoms with Crippen LogP contribution in [0.5, 0.6) is 11.5 Å². The molecular formula is C23H18N2O6S2. The Morgan fingerprint density at radius 2 is 1.91 bits per heavy atom. The fourth-order valence-electron chi connectivity index (χ4n) is 3.35. The normalized spacial score (nSPS) is 14.8. The fourth-order valence-corrected chi connectivity index (χ4v) is 4.62. The first-order valence-electron chi connectivity index (χ1n) is 9.67. The molecule has 0 N–H and O–H groups in total. The number of methoxy groups -OCH3 is 2. The second-order valence-electron chi connectivity index (χ2n) is 7.03. The molecule has 1 saturated heterocycles. The molecule has 2 aromatic carbocycles. The molecule has 1 amide bonds. The van der Waals surface area contributed by atoms with Gasteiger partial charge in [-0.1, -0.05) is 30.0 Å². The second kappa shape index (κ2) is 9.08. The Hall–Kier alpha value is -3.63. The zero-order valence-electron chi connectivity index (χ0n) is 17.9. The minimum Gasteiger partial charge on any atom is -0.497 e. The molecule has 0 spiro atoms. The van der Waals surface area contributed by atoms with Gasteiger partial charge in [-0.15, -0.1) is 0 Å². The monoisotopic (exact) mass is 482 g/mol. The maximum atomic E-state index is 13.1. The van der Waals surface area contributed by atoms with Crippen molar-refractivity contribution in [3.63, 3.8) is 0 Å². The summed E-state index contributed by atoms with van der Waals surface area (Å²) >= 11 is 6.57. The van der Waals surface area contributed by atoms with Gasteiger partial charge in [-0.2, -0.15) is 0 Å². The van der Waals surface area contributed by atoms with Crippen molar-refractivity contribution >= 4 is 51.7 Å². The molecule has 0 radical (unpaired) electrons. The number of carbonyl (C=O) groups excluding carboxylic acids is 1. The molecular weight excluding hydrogens is 464 g/mol. The number of amides is 1. The van der Waals surface area contributed by atoms with Gasteiger partial charge in [0.25, 0.3) is 11.6 Å². The molecule has 3 aromatic rings.